The second kappa shape index (κ2) is 7.68. The second-order valence-electron chi connectivity index (χ2n) is 7.91. The van der Waals surface area contributed by atoms with E-state index in [1.54, 1.807) is 4.90 Å². The molecule has 2 rings (SSSR count). The van der Waals surface area contributed by atoms with E-state index in [1.165, 1.54) is 0 Å². The van der Waals surface area contributed by atoms with Gasteiger partial charge in [0.25, 0.3) is 5.91 Å². The largest absolute Gasteiger partial charge is 0.416 e. The lowest BCUT2D eigenvalue weighted by Crippen LogP contribution is -2.43. The van der Waals surface area contributed by atoms with Crippen molar-refractivity contribution in [2.24, 2.45) is 5.41 Å². The minimum absolute atomic E-state index is 0.0958. The van der Waals surface area contributed by atoms with Crippen molar-refractivity contribution in [1.29, 1.82) is 0 Å². The molecule has 144 valence electrons. The van der Waals surface area contributed by atoms with Crippen LogP contribution in [0.1, 0.15) is 56.0 Å². The summed E-state index contributed by atoms with van der Waals surface area (Å²) in [5.41, 5.74) is -0.609. The van der Waals surface area contributed by atoms with Crippen molar-refractivity contribution in [3.8, 4) is 0 Å². The first-order valence-electron chi connectivity index (χ1n) is 8.72. The maximum Gasteiger partial charge on any atom is 0.416 e. The highest BCUT2D eigenvalue weighted by Gasteiger charge is 2.32. The Morgan fingerprint density at radius 3 is 2.31 bits per heavy atom. The van der Waals surface area contributed by atoms with E-state index in [0.717, 1.165) is 43.5 Å². The van der Waals surface area contributed by atoms with Crippen LogP contribution >= 0.6 is 0 Å². The molecule has 26 heavy (non-hydrogen) atoms. The van der Waals surface area contributed by atoms with E-state index >= 15 is 0 Å². The minimum Gasteiger partial charge on any atom is -0.343 e. The number of carbonyl (C=O) groups excluding carboxylic acids is 2. The summed E-state index contributed by atoms with van der Waals surface area (Å²) in [6.07, 6.45) is -1.65. The normalized spacial score (nSPS) is 18.1. The highest BCUT2D eigenvalue weighted by molar-refractivity contribution is 5.96. The number of amides is 2. The Bertz CT molecular complexity index is 648. The Hall–Kier alpha value is -2.05. The van der Waals surface area contributed by atoms with Gasteiger partial charge in [0, 0.05) is 18.2 Å². The number of carbonyl (C=O) groups is 2. The van der Waals surface area contributed by atoms with Gasteiger partial charge in [-0.05, 0) is 48.9 Å². The summed E-state index contributed by atoms with van der Waals surface area (Å²) in [6.45, 7) is 6.90. The van der Waals surface area contributed by atoms with E-state index in [4.69, 9.17) is 0 Å². The Morgan fingerprint density at radius 1 is 1.15 bits per heavy atom. The van der Waals surface area contributed by atoms with Gasteiger partial charge in [-0.15, -0.1) is 0 Å². The number of hydrogen-bond acceptors (Lipinski definition) is 2. The van der Waals surface area contributed by atoms with E-state index in [0.29, 0.717) is 6.54 Å². The van der Waals surface area contributed by atoms with Gasteiger partial charge < -0.3 is 10.2 Å². The molecule has 4 nitrogen and oxygen atoms in total. The van der Waals surface area contributed by atoms with Crippen LogP contribution in [0.5, 0.6) is 0 Å². The summed E-state index contributed by atoms with van der Waals surface area (Å²) in [4.78, 5) is 26.3. The topological polar surface area (TPSA) is 49.4 Å². The van der Waals surface area contributed by atoms with E-state index in [-0.39, 0.29) is 29.5 Å². The number of alkyl halides is 3. The van der Waals surface area contributed by atoms with Crippen LogP contribution in [0.2, 0.25) is 0 Å². The molecule has 1 heterocycles. The predicted molar refractivity (Wildman–Crippen MR) is 92.6 cm³/mol. The third kappa shape index (κ3) is 5.47. The van der Waals surface area contributed by atoms with Crippen molar-refractivity contribution >= 4 is 11.8 Å². The lowest BCUT2D eigenvalue weighted by molar-refractivity contribution is -0.137. The number of rotatable bonds is 4. The summed E-state index contributed by atoms with van der Waals surface area (Å²) in [5.74, 6) is -0.712. The zero-order valence-corrected chi connectivity index (χ0v) is 15.3. The van der Waals surface area contributed by atoms with Gasteiger partial charge in [0.05, 0.1) is 12.1 Å². The van der Waals surface area contributed by atoms with Crippen LogP contribution in [0.3, 0.4) is 0 Å². The molecule has 0 bridgehead atoms. The number of hydrogen-bond donors (Lipinski definition) is 1. The smallest absolute Gasteiger partial charge is 0.343 e. The van der Waals surface area contributed by atoms with Crippen molar-refractivity contribution in [2.45, 2.75) is 52.3 Å². The van der Waals surface area contributed by atoms with Crippen LogP contribution in [0.15, 0.2) is 24.3 Å². The quantitative estimate of drug-likeness (QED) is 0.875. The van der Waals surface area contributed by atoms with Gasteiger partial charge in [0.1, 0.15) is 0 Å². The lowest BCUT2D eigenvalue weighted by atomic mass is 9.87. The highest BCUT2D eigenvalue weighted by atomic mass is 19.4. The van der Waals surface area contributed by atoms with Crippen molar-refractivity contribution in [2.75, 3.05) is 13.1 Å². The Morgan fingerprint density at radius 2 is 1.77 bits per heavy atom. The summed E-state index contributed by atoms with van der Waals surface area (Å²) >= 11 is 0. The molecular formula is C19H25F3N2O2. The number of likely N-dealkylation sites (tertiary alicyclic amines) is 1. The molecule has 1 unspecified atom stereocenters. The molecule has 1 N–H and O–H groups in total. The van der Waals surface area contributed by atoms with Crippen LogP contribution in [-0.4, -0.2) is 35.8 Å². The Balaban J connectivity index is 1.91. The van der Waals surface area contributed by atoms with E-state index in [1.807, 2.05) is 0 Å². The molecule has 0 radical (unpaired) electrons. The average Bonchev–Trinajstić information content (AvgIpc) is 2.97. The van der Waals surface area contributed by atoms with Crippen LogP contribution in [0.4, 0.5) is 13.2 Å². The molecule has 7 heteroatoms. The molecule has 1 aromatic carbocycles. The molecule has 0 spiro atoms. The standard InChI is InChI=1S/C19H25F3N2O2/c1-18(2,3)11-15-5-4-10-24(15)16(25)12-23-17(26)13-6-8-14(9-7-13)19(20,21)22/h6-9,15H,4-5,10-12H2,1-3H3,(H,23,26). The molecule has 1 aromatic rings. The molecular weight excluding hydrogens is 345 g/mol. The fraction of sp³-hybridized carbons (Fsp3) is 0.579. The fourth-order valence-corrected chi connectivity index (χ4v) is 3.25. The third-order valence-corrected chi connectivity index (χ3v) is 4.42. The van der Waals surface area contributed by atoms with E-state index in [2.05, 4.69) is 26.1 Å². The highest BCUT2D eigenvalue weighted by Crippen LogP contribution is 2.30. The minimum atomic E-state index is -4.44. The molecule has 1 aliphatic rings. The number of nitrogens with zero attached hydrogens (tertiary/aromatic N) is 1. The maximum atomic E-state index is 12.6. The molecule has 1 saturated heterocycles. The van der Waals surface area contributed by atoms with Gasteiger partial charge in [0.2, 0.25) is 5.91 Å². The van der Waals surface area contributed by atoms with Gasteiger partial charge in [-0.2, -0.15) is 13.2 Å². The first-order valence-corrected chi connectivity index (χ1v) is 8.72. The predicted octanol–water partition coefficient (Wildman–Crippen LogP) is 3.86. The van der Waals surface area contributed by atoms with Crippen molar-refractivity contribution < 1.29 is 22.8 Å². The summed E-state index contributed by atoms with van der Waals surface area (Å²) in [7, 11) is 0. The molecule has 1 atom stereocenters. The molecule has 1 fully saturated rings. The Kier molecular flexibility index (Phi) is 5.98. The third-order valence-electron chi connectivity index (χ3n) is 4.42. The molecule has 1 aliphatic heterocycles. The first-order chi connectivity index (χ1) is 12.0. The number of nitrogens with one attached hydrogen (secondary N) is 1. The monoisotopic (exact) mass is 370 g/mol. The number of halogens is 3. The van der Waals surface area contributed by atoms with Crippen LogP contribution in [0.25, 0.3) is 0 Å². The molecule has 0 aliphatic carbocycles. The van der Waals surface area contributed by atoms with Crippen LogP contribution < -0.4 is 5.32 Å². The zero-order valence-electron chi connectivity index (χ0n) is 15.3. The zero-order chi connectivity index (χ0) is 19.5. The fourth-order valence-electron chi connectivity index (χ4n) is 3.25. The van der Waals surface area contributed by atoms with Gasteiger partial charge in [0.15, 0.2) is 0 Å². The Labute approximate surface area is 151 Å². The second-order valence-corrected chi connectivity index (χ2v) is 7.91. The first kappa shape index (κ1) is 20.3. The average molecular weight is 370 g/mol. The van der Waals surface area contributed by atoms with Crippen LogP contribution in [-0.2, 0) is 11.0 Å². The van der Waals surface area contributed by atoms with E-state index in [9.17, 15) is 22.8 Å². The lowest BCUT2D eigenvalue weighted by Gasteiger charge is -2.30. The SMILES string of the molecule is CC(C)(C)CC1CCCN1C(=O)CNC(=O)c1ccc(C(F)(F)F)cc1. The van der Waals surface area contributed by atoms with Crippen molar-refractivity contribution in [3.05, 3.63) is 35.4 Å². The summed E-state index contributed by atoms with van der Waals surface area (Å²) in [6, 6.07) is 4.11. The van der Waals surface area contributed by atoms with Gasteiger partial charge in [-0.25, -0.2) is 0 Å². The molecule has 2 amide bonds. The van der Waals surface area contributed by atoms with Crippen molar-refractivity contribution in [1.82, 2.24) is 10.2 Å². The summed E-state index contributed by atoms with van der Waals surface area (Å²) in [5, 5.41) is 2.51. The van der Waals surface area contributed by atoms with Gasteiger partial charge in [-0.1, -0.05) is 20.8 Å². The van der Waals surface area contributed by atoms with Crippen LogP contribution in [0, 0.1) is 5.41 Å². The van der Waals surface area contributed by atoms with Crippen molar-refractivity contribution in [3.63, 3.8) is 0 Å². The molecule has 0 aromatic heterocycles. The summed E-state index contributed by atoms with van der Waals surface area (Å²) < 4.78 is 37.7. The van der Waals surface area contributed by atoms with E-state index < -0.39 is 17.6 Å². The number of benzene rings is 1. The molecule has 0 saturated carbocycles. The van der Waals surface area contributed by atoms with Gasteiger partial charge in [-0.3, -0.25) is 9.59 Å². The maximum absolute atomic E-state index is 12.6. The van der Waals surface area contributed by atoms with Gasteiger partial charge >= 0.3 is 6.18 Å².